The third-order valence-electron chi connectivity index (χ3n) is 2.79. The largest absolute Gasteiger partial charge is 0.396 e. The Morgan fingerprint density at radius 1 is 1.50 bits per heavy atom. The van der Waals surface area contributed by atoms with Crippen molar-refractivity contribution in [3.63, 3.8) is 0 Å². The summed E-state index contributed by atoms with van der Waals surface area (Å²) in [7, 11) is -4.73. The van der Waals surface area contributed by atoms with E-state index in [1.165, 1.54) is 0 Å². The van der Waals surface area contributed by atoms with Gasteiger partial charge in [0.05, 0.1) is 5.69 Å². The molecular formula is C10H12FN3O3S. The van der Waals surface area contributed by atoms with Crippen LogP contribution in [0.3, 0.4) is 0 Å². The number of rotatable bonds is 2. The minimum atomic E-state index is -4.73. The van der Waals surface area contributed by atoms with Gasteiger partial charge in [0.2, 0.25) is 5.91 Å². The highest BCUT2D eigenvalue weighted by atomic mass is 32.3. The van der Waals surface area contributed by atoms with E-state index in [0.29, 0.717) is 5.69 Å². The lowest BCUT2D eigenvalue weighted by Crippen LogP contribution is -2.28. The second-order valence-electron chi connectivity index (χ2n) is 4.17. The average Bonchev–Trinajstić information content (AvgIpc) is 2.64. The van der Waals surface area contributed by atoms with Gasteiger partial charge >= 0.3 is 10.2 Å². The predicted molar refractivity (Wildman–Crippen MR) is 64.2 cm³/mol. The molecule has 1 unspecified atom stereocenters. The van der Waals surface area contributed by atoms with Crippen molar-refractivity contribution in [2.75, 3.05) is 17.2 Å². The quantitative estimate of drug-likeness (QED) is 0.786. The first-order chi connectivity index (χ1) is 8.29. The summed E-state index contributed by atoms with van der Waals surface area (Å²) >= 11 is 0. The number of hydrogen-bond acceptors (Lipinski definition) is 5. The van der Waals surface area contributed by atoms with Gasteiger partial charge in [-0.15, -0.1) is 3.89 Å². The molecule has 0 aromatic carbocycles. The van der Waals surface area contributed by atoms with Crippen LogP contribution < -0.4 is 10.6 Å². The monoisotopic (exact) mass is 273 g/mol. The van der Waals surface area contributed by atoms with Gasteiger partial charge in [-0.3, -0.25) is 9.69 Å². The van der Waals surface area contributed by atoms with E-state index in [-0.39, 0.29) is 24.5 Å². The third-order valence-corrected chi connectivity index (χ3v) is 3.90. The van der Waals surface area contributed by atoms with Gasteiger partial charge in [0.25, 0.3) is 0 Å². The molecule has 8 heteroatoms. The van der Waals surface area contributed by atoms with Gasteiger partial charge in [-0.1, -0.05) is 0 Å². The Kier molecular flexibility index (Phi) is 2.97. The minimum absolute atomic E-state index is 0.186. The van der Waals surface area contributed by atoms with Crippen molar-refractivity contribution in [1.82, 2.24) is 4.98 Å². The molecule has 0 bridgehead atoms. The molecule has 98 valence electrons. The lowest BCUT2D eigenvalue weighted by Gasteiger charge is -2.17. The molecule has 1 fully saturated rings. The molecule has 1 aromatic rings. The fraction of sp³-hybridized carbons (Fsp3) is 0.400. The molecule has 1 aliphatic heterocycles. The highest BCUT2D eigenvalue weighted by Crippen LogP contribution is 2.28. The number of nitrogen functional groups attached to an aromatic ring is 1. The number of amides is 1. The zero-order valence-electron chi connectivity index (χ0n) is 9.63. The number of nitrogens with two attached hydrogens (primary N) is 1. The summed E-state index contributed by atoms with van der Waals surface area (Å²) in [5.74, 6) is -0.308. The number of nitrogens with zero attached hydrogens (tertiary/aromatic N) is 2. The molecule has 1 aromatic heterocycles. The van der Waals surface area contributed by atoms with E-state index in [9.17, 15) is 17.1 Å². The summed E-state index contributed by atoms with van der Waals surface area (Å²) < 4.78 is 34.5. The molecule has 0 spiro atoms. The van der Waals surface area contributed by atoms with Gasteiger partial charge in [-0.2, -0.15) is 8.42 Å². The molecule has 6 nitrogen and oxygen atoms in total. The summed E-state index contributed by atoms with van der Waals surface area (Å²) in [5.41, 5.74) is 6.58. The van der Waals surface area contributed by atoms with Crippen molar-refractivity contribution in [2.45, 2.75) is 18.6 Å². The van der Waals surface area contributed by atoms with Crippen LogP contribution in [-0.2, 0) is 15.0 Å². The average molecular weight is 273 g/mol. The maximum atomic E-state index is 12.9. The fourth-order valence-corrected chi connectivity index (χ4v) is 2.51. The van der Waals surface area contributed by atoms with E-state index in [4.69, 9.17) is 5.73 Å². The van der Waals surface area contributed by atoms with Crippen LogP contribution in [0.4, 0.5) is 15.4 Å². The summed E-state index contributed by atoms with van der Waals surface area (Å²) in [5, 5.41) is -1.34. The van der Waals surface area contributed by atoms with Crippen LogP contribution in [0.5, 0.6) is 0 Å². The van der Waals surface area contributed by atoms with Crippen LogP contribution in [0.15, 0.2) is 12.1 Å². The Balaban J connectivity index is 2.35. The maximum absolute atomic E-state index is 12.9. The number of aryl methyl sites for hydroxylation is 1. The number of anilines is 2. The second kappa shape index (κ2) is 4.20. The molecule has 18 heavy (non-hydrogen) atoms. The Morgan fingerprint density at radius 3 is 2.72 bits per heavy atom. The van der Waals surface area contributed by atoms with Crippen LogP contribution in [0.2, 0.25) is 0 Å². The highest BCUT2D eigenvalue weighted by Gasteiger charge is 2.40. The van der Waals surface area contributed by atoms with Crippen LogP contribution in [0, 0.1) is 6.92 Å². The van der Waals surface area contributed by atoms with Crippen LogP contribution in [0.25, 0.3) is 0 Å². The minimum Gasteiger partial charge on any atom is -0.396 e. The van der Waals surface area contributed by atoms with Gasteiger partial charge < -0.3 is 5.73 Å². The van der Waals surface area contributed by atoms with Crippen molar-refractivity contribution < 1.29 is 17.1 Å². The van der Waals surface area contributed by atoms with E-state index >= 15 is 0 Å². The molecule has 0 saturated carbocycles. The van der Waals surface area contributed by atoms with Gasteiger partial charge in [0.1, 0.15) is 5.25 Å². The van der Waals surface area contributed by atoms with E-state index in [2.05, 4.69) is 4.98 Å². The van der Waals surface area contributed by atoms with E-state index in [0.717, 1.165) is 4.90 Å². The number of carbonyl (C=O) groups is 1. The molecule has 2 heterocycles. The first-order valence-corrected chi connectivity index (χ1v) is 6.70. The zero-order chi connectivity index (χ0) is 13.5. The first kappa shape index (κ1) is 12.7. The Hall–Kier alpha value is -1.70. The fourth-order valence-electron chi connectivity index (χ4n) is 1.84. The van der Waals surface area contributed by atoms with E-state index in [1.807, 2.05) is 0 Å². The van der Waals surface area contributed by atoms with Crippen molar-refractivity contribution in [3.05, 3.63) is 17.8 Å². The summed E-state index contributed by atoms with van der Waals surface area (Å²) in [6, 6.07) is 3.24. The first-order valence-electron chi connectivity index (χ1n) is 5.26. The highest BCUT2D eigenvalue weighted by molar-refractivity contribution is 7.87. The second-order valence-corrected chi connectivity index (χ2v) is 5.79. The van der Waals surface area contributed by atoms with Gasteiger partial charge in [-0.05, 0) is 19.1 Å². The van der Waals surface area contributed by atoms with Gasteiger partial charge in [0.15, 0.2) is 5.82 Å². The lowest BCUT2D eigenvalue weighted by molar-refractivity contribution is -0.117. The van der Waals surface area contributed by atoms with Gasteiger partial charge in [0, 0.05) is 18.7 Å². The SMILES string of the molecule is Cc1ccc(N)c(N2CC(S(=O)(=O)F)CC2=O)n1. The molecule has 1 atom stereocenters. The standard InChI is InChI=1S/C10H12FN3O3S/c1-6-2-3-8(12)10(13-6)14-5-7(4-9(14)15)18(11,16)17/h2-3,7H,4-5,12H2,1H3. The Bertz CT molecular complexity index is 602. The number of aromatic nitrogens is 1. The van der Waals surface area contributed by atoms with Crippen LogP contribution >= 0.6 is 0 Å². The topological polar surface area (TPSA) is 93.4 Å². The number of pyridine rings is 1. The number of halogens is 1. The molecule has 1 amide bonds. The van der Waals surface area contributed by atoms with Crippen molar-refractivity contribution >= 4 is 27.6 Å². The molecule has 0 radical (unpaired) electrons. The Morgan fingerprint density at radius 2 is 2.17 bits per heavy atom. The summed E-state index contributed by atoms with van der Waals surface area (Å²) in [4.78, 5) is 16.9. The number of hydrogen-bond donors (Lipinski definition) is 1. The molecule has 2 rings (SSSR count). The van der Waals surface area contributed by atoms with Crippen LogP contribution in [-0.4, -0.2) is 31.1 Å². The third kappa shape index (κ3) is 2.28. The molecule has 0 aliphatic carbocycles. The normalized spacial score (nSPS) is 20.4. The van der Waals surface area contributed by atoms with Crippen molar-refractivity contribution in [1.29, 1.82) is 0 Å². The molecular weight excluding hydrogens is 261 g/mol. The molecule has 1 aliphatic rings. The smallest absolute Gasteiger partial charge is 0.307 e. The summed E-state index contributed by atoms with van der Waals surface area (Å²) in [6.45, 7) is 1.46. The molecule has 1 saturated heterocycles. The Labute approximate surface area is 104 Å². The molecule has 2 N–H and O–H groups in total. The van der Waals surface area contributed by atoms with E-state index in [1.54, 1.807) is 19.1 Å². The van der Waals surface area contributed by atoms with Crippen molar-refractivity contribution in [3.8, 4) is 0 Å². The zero-order valence-corrected chi connectivity index (χ0v) is 10.4. The predicted octanol–water partition coefficient (Wildman–Crippen LogP) is 0.377. The number of carbonyl (C=O) groups excluding carboxylic acids is 1. The van der Waals surface area contributed by atoms with Crippen molar-refractivity contribution in [2.24, 2.45) is 0 Å². The van der Waals surface area contributed by atoms with Crippen LogP contribution in [0.1, 0.15) is 12.1 Å². The van der Waals surface area contributed by atoms with Gasteiger partial charge in [-0.25, -0.2) is 4.98 Å². The van der Waals surface area contributed by atoms with E-state index < -0.39 is 21.4 Å². The summed E-state index contributed by atoms with van der Waals surface area (Å²) in [6.07, 6.45) is -0.381. The lowest BCUT2D eigenvalue weighted by atomic mass is 10.3. The maximum Gasteiger partial charge on any atom is 0.307 e.